The molecule has 0 saturated heterocycles. The molecule has 2 aromatic rings. The van der Waals surface area contributed by atoms with Crippen LogP contribution in [0.5, 0.6) is 17.2 Å². The summed E-state index contributed by atoms with van der Waals surface area (Å²) in [4.78, 5) is 23.9. The fourth-order valence-electron chi connectivity index (χ4n) is 2.49. The predicted molar refractivity (Wildman–Crippen MR) is 108 cm³/mol. The first-order valence-corrected chi connectivity index (χ1v) is 9.26. The number of aryl methyl sites for hydroxylation is 1. The fraction of sp³-hybridized carbons (Fsp3) is 0.300. The van der Waals surface area contributed by atoms with Crippen LogP contribution < -0.4 is 19.5 Å². The highest BCUT2D eigenvalue weighted by atomic mass is 79.9. The van der Waals surface area contributed by atoms with Crippen LogP contribution in [0, 0.1) is 0 Å². The van der Waals surface area contributed by atoms with Crippen LogP contribution in [-0.2, 0) is 20.7 Å². The maximum Gasteiger partial charge on any atom is 0.306 e. The van der Waals surface area contributed by atoms with Crippen LogP contribution >= 0.6 is 15.9 Å². The largest absolute Gasteiger partial charge is 0.493 e. The first kappa shape index (κ1) is 21.6. The number of hydrogen-bond acceptors (Lipinski definition) is 6. The Labute approximate surface area is 172 Å². The third-order valence-electron chi connectivity index (χ3n) is 3.85. The molecule has 28 heavy (non-hydrogen) atoms. The first-order chi connectivity index (χ1) is 13.5. The van der Waals surface area contributed by atoms with Crippen LogP contribution in [0.4, 0.5) is 5.69 Å². The Morgan fingerprint density at radius 2 is 1.64 bits per heavy atom. The lowest BCUT2D eigenvalue weighted by Crippen LogP contribution is -2.21. The van der Waals surface area contributed by atoms with Crippen molar-refractivity contribution in [2.75, 3.05) is 33.3 Å². The minimum Gasteiger partial charge on any atom is -0.493 e. The molecule has 0 saturated carbocycles. The number of hydrogen-bond donors (Lipinski definition) is 1. The SMILES string of the molecule is COc1cc(CCC(=O)OCC(=O)Nc2ccccc2Br)cc(OC)c1OC. The van der Waals surface area contributed by atoms with Crippen molar-refractivity contribution in [1.82, 2.24) is 0 Å². The van der Waals surface area contributed by atoms with Crippen LogP contribution in [-0.4, -0.2) is 39.8 Å². The second kappa shape index (κ2) is 10.6. The second-order valence-electron chi connectivity index (χ2n) is 5.72. The Hall–Kier alpha value is -2.74. The highest BCUT2D eigenvalue weighted by molar-refractivity contribution is 9.10. The van der Waals surface area contributed by atoms with Gasteiger partial charge in [-0.25, -0.2) is 0 Å². The standard InChI is InChI=1S/C20H22BrNO6/c1-25-16-10-13(11-17(26-2)20(16)27-3)8-9-19(24)28-12-18(23)22-15-7-5-4-6-14(15)21/h4-7,10-11H,8-9,12H2,1-3H3,(H,22,23). The van der Waals surface area contributed by atoms with Crippen molar-refractivity contribution in [2.45, 2.75) is 12.8 Å². The number of nitrogens with one attached hydrogen (secondary N) is 1. The Balaban J connectivity index is 1.87. The summed E-state index contributed by atoms with van der Waals surface area (Å²) in [5.74, 6) is 0.625. The zero-order chi connectivity index (χ0) is 20.5. The number of methoxy groups -OCH3 is 3. The monoisotopic (exact) mass is 451 g/mol. The van der Waals surface area contributed by atoms with Gasteiger partial charge in [0.15, 0.2) is 18.1 Å². The summed E-state index contributed by atoms with van der Waals surface area (Å²) < 4.78 is 21.6. The zero-order valence-electron chi connectivity index (χ0n) is 15.9. The van der Waals surface area contributed by atoms with E-state index in [0.29, 0.717) is 29.4 Å². The van der Waals surface area contributed by atoms with Gasteiger partial charge in [-0.1, -0.05) is 12.1 Å². The number of ether oxygens (including phenoxy) is 4. The lowest BCUT2D eigenvalue weighted by atomic mass is 10.1. The lowest BCUT2D eigenvalue weighted by molar-refractivity contribution is -0.147. The van der Waals surface area contributed by atoms with E-state index in [2.05, 4.69) is 21.2 Å². The maximum atomic E-state index is 12.0. The summed E-state index contributed by atoms with van der Waals surface area (Å²) >= 11 is 3.34. The molecule has 0 aliphatic carbocycles. The first-order valence-electron chi connectivity index (χ1n) is 8.47. The molecule has 0 spiro atoms. The molecule has 0 fully saturated rings. The normalized spacial score (nSPS) is 10.1. The van der Waals surface area contributed by atoms with Gasteiger partial charge >= 0.3 is 5.97 Å². The Kier molecular flexibility index (Phi) is 8.13. The average molecular weight is 452 g/mol. The molecule has 0 unspecified atom stereocenters. The molecule has 150 valence electrons. The number of anilines is 1. The zero-order valence-corrected chi connectivity index (χ0v) is 17.5. The van der Waals surface area contributed by atoms with Crippen molar-refractivity contribution < 1.29 is 28.5 Å². The van der Waals surface area contributed by atoms with E-state index >= 15 is 0 Å². The van der Waals surface area contributed by atoms with E-state index in [1.807, 2.05) is 6.07 Å². The molecule has 0 heterocycles. The summed E-state index contributed by atoms with van der Waals surface area (Å²) in [5.41, 5.74) is 1.44. The average Bonchev–Trinajstić information content (AvgIpc) is 2.71. The van der Waals surface area contributed by atoms with E-state index < -0.39 is 11.9 Å². The molecular weight excluding hydrogens is 430 g/mol. The van der Waals surface area contributed by atoms with E-state index in [1.165, 1.54) is 21.3 Å². The summed E-state index contributed by atoms with van der Waals surface area (Å²) in [5, 5.41) is 2.67. The summed E-state index contributed by atoms with van der Waals surface area (Å²) in [6, 6.07) is 10.7. The number of para-hydroxylation sites is 1. The number of esters is 1. The number of amides is 1. The van der Waals surface area contributed by atoms with Crippen molar-refractivity contribution in [3.63, 3.8) is 0 Å². The summed E-state index contributed by atoms with van der Waals surface area (Å²) in [7, 11) is 4.58. The van der Waals surface area contributed by atoms with Gasteiger partial charge in [0.05, 0.1) is 27.0 Å². The molecule has 1 amide bonds. The summed E-state index contributed by atoms with van der Waals surface area (Å²) in [6.45, 7) is -0.352. The number of benzene rings is 2. The molecule has 0 radical (unpaired) electrons. The molecule has 0 bridgehead atoms. The van der Waals surface area contributed by atoms with Crippen molar-refractivity contribution >= 4 is 33.5 Å². The number of rotatable bonds is 9. The minimum absolute atomic E-state index is 0.112. The quantitative estimate of drug-likeness (QED) is 0.586. The van der Waals surface area contributed by atoms with Gasteiger partial charge in [-0.05, 0) is 52.2 Å². The van der Waals surface area contributed by atoms with Crippen LogP contribution in [0.2, 0.25) is 0 Å². The highest BCUT2D eigenvalue weighted by Crippen LogP contribution is 2.38. The van der Waals surface area contributed by atoms with Crippen LogP contribution in [0.3, 0.4) is 0 Å². The maximum absolute atomic E-state index is 12.0. The van der Waals surface area contributed by atoms with Crippen molar-refractivity contribution in [3.05, 3.63) is 46.4 Å². The van der Waals surface area contributed by atoms with Crippen LogP contribution in [0.1, 0.15) is 12.0 Å². The Morgan fingerprint density at radius 1 is 1.00 bits per heavy atom. The third-order valence-corrected chi connectivity index (χ3v) is 4.55. The number of carbonyl (C=O) groups excluding carboxylic acids is 2. The van der Waals surface area contributed by atoms with E-state index in [-0.39, 0.29) is 13.0 Å². The second-order valence-corrected chi connectivity index (χ2v) is 6.58. The van der Waals surface area contributed by atoms with Gasteiger partial charge in [0, 0.05) is 10.9 Å². The molecule has 0 atom stereocenters. The molecule has 0 aromatic heterocycles. The van der Waals surface area contributed by atoms with Crippen molar-refractivity contribution in [1.29, 1.82) is 0 Å². The van der Waals surface area contributed by atoms with Crippen molar-refractivity contribution in [3.8, 4) is 17.2 Å². The molecular formula is C20H22BrNO6. The van der Waals surface area contributed by atoms with Gasteiger partial charge in [0.2, 0.25) is 5.75 Å². The number of carbonyl (C=O) groups is 2. The van der Waals surface area contributed by atoms with E-state index in [9.17, 15) is 9.59 Å². The minimum atomic E-state index is -0.476. The van der Waals surface area contributed by atoms with Gasteiger partial charge in [-0.2, -0.15) is 0 Å². The van der Waals surface area contributed by atoms with E-state index in [1.54, 1.807) is 30.3 Å². The lowest BCUT2D eigenvalue weighted by Gasteiger charge is -2.14. The van der Waals surface area contributed by atoms with E-state index in [0.717, 1.165) is 10.0 Å². The van der Waals surface area contributed by atoms with Crippen molar-refractivity contribution in [2.24, 2.45) is 0 Å². The van der Waals surface area contributed by atoms with Gasteiger partial charge in [0.1, 0.15) is 0 Å². The summed E-state index contributed by atoms with van der Waals surface area (Å²) in [6.07, 6.45) is 0.516. The van der Waals surface area contributed by atoms with E-state index in [4.69, 9.17) is 18.9 Å². The van der Waals surface area contributed by atoms with Crippen LogP contribution in [0.25, 0.3) is 0 Å². The molecule has 2 rings (SSSR count). The number of halogens is 1. The molecule has 8 heteroatoms. The fourth-order valence-corrected chi connectivity index (χ4v) is 2.88. The van der Waals surface area contributed by atoms with Gasteiger partial charge < -0.3 is 24.3 Å². The molecule has 1 N–H and O–H groups in total. The third kappa shape index (κ3) is 5.88. The molecule has 0 aliphatic rings. The highest BCUT2D eigenvalue weighted by Gasteiger charge is 2.15. The van der Waals surface area contributed by atoms with Crippen LogP contribution in [0.15, 0.2) is 40.9 Å². The van der Waals surface area contributed by atoms with Gasteiger partial charge in [-0.3, -0.25) is 9.59 Å². The Morgan fingerprint density at radius 3 is 2.21 bits per heavy atom. The smallest absolute Gasteiger partial charge is 0.306 e. The Bertz CT molecular complexity index is 814. The van der Waals surface area contributed by atoms with Gasteiger partial charge in [-0.15, -0.1) is 0 Å². The topological polar surface area (TPSA) is 83.1 Å². The molecule has 7 nitrogen and oxygen atoms in total. The molecule has 0 aliphatic heterocycles. The van der Waals surface area contributed by atoms with Gasteiger partial charge in [0.25, 0.3) is 5.91 Å². The predicted octanol–water partition coefficient (Wildman–Crippen LogP) is 3.59. The molecule has 2 aromatic carbocycles.